The van der Waals surface area contributed by atoms with Crippen LogP contribution in [0.2, 0.25) is 0 Å². The van der Waals surface area contributed by atoms with E-state index in [2.05, 4.69) is 111 Å². The molecule has 4 aromatic rings. The van der Waals surface area contributed by atoms with Crippen molar-refractivity contribution in [1.29, 1.82) is 0 Å². The first kappa shape index (κ1) is 28.1. The summed E-state index contributed by atoms with van der Waals surface area (Å²) in [6.07, 6.45) is 7.28. The first-order chi connectivity index (χ1) is 19.6. The highest BCUT2D eigenvalue weighted by molar-refractivity contribution is 5.86. The third-order valence-electron chi connectivity index (χ3n) is 8.93. The van der Waals surface area contributed by atoms with E-state index in [0.29, 0.717) is 12.2 Å². The van der Waals surface area contributed by atoms with Crippen molar-refractivity contribution < 1.29 is 9.90 Å². The van der Waals surface area contributed by atoms with Gasteiger partial charge in [-0.15, -0.1) is 0 Å². The van der Waals surface area contributed by atoms with E-state index in [1.807, 2.05) is 0 Å². The average molecular weight is 531 g/mol. The largest absolute Gasteiger partial charge is 0.396 e. The Morgan fingerprint density at radius 3 is 1.60 bits per heavy atom. The fraction of sp³-hybridized carbons (Fsp3) is 0.342. The minimum Gasteiger partial charge on any atom is -0.396 e. The van der Waals surface area contributed by atoms with Crippen LogP contribution in [0.25, 0.3) is 11.1 Å². The number of carbonyl (C=O) groups excluding carboxylic acids is 1. The van der Waals surface area contributed by atoms with Crippen LogP contribution in [-0.4, -0.2) is 17.5 Å². The van der Waals surface area contributed by atoms with Crippen molar-refractivity contribution in [2.75, 3.05) is 6.61 Å². The summed E-state index contributed by atoms with van der Waals surface area (Å²) in [6, 6.07) is 35.9. The lowest BCUT2D eigenvalue weighted by molar-refractivity contribution is -0.123. The Labute approximate surface area is 240 Å². The molecule has 5 rings (SSSR count). The third-order valence-corrected chi connectivity index (χ3v) is 8.93. The van der Waals surface area contributed by atoms with Crippen molar-refractivity contribution in [3.63, 3.8) is 0 Å². The van der Waals surface area contributed by atoms with Crippen molar-refractivity contribution in [3.8, 4) is 11.1 Å². The highest BCUT2D eigenvalue weighted by Gasteiger charge is 2.45. The molecular weight excluding hydrogens is 488 g/mol. The van der Waals surface area contributed by atoms with Gasteiger partial charge in [-0.25, -0.2) is 0 Å². The summed E-state index contributed by atoms with van der Waals surface area (Å²) in [6.45, 7) is 4.45. The third kappa shape index (κ3) is 5.30. The van der Waals surface area contributed by atoms with E-state index in [9.17, 15) is 9.90 Å². The summed E-state index contributed by atoms with van der Waals surface area (Å²) in [7, 11) is 0. The Kier molecular flexibility index (Phi) is 8.97. The van der Waals surface area contributed by atoms with Gasteiger partial charge in [-0.2, -0.15) is 0 Å². The van der Waals surface area contributed by atoms with Crippen LogP contribution >= 0.6 is 0 Å². The highest BCUT2D eigenvalue weighted by atomic mass is 16.2. The normalized spacial score (nSPS) is 13.3. The maximum Gasteiger partial charge on any atom is 0.135 e. The summed E-state index contributed by atoms with van der Waals surface area (Å²) >= 11 is 0. The van der Waals surface area contributed by atoms with E-state index in [1.165, 1.54) is 44.5 Å². The lowest BCUT2D eigenvalue weighted by Crippen LogP contribution is -2.28. The van der Waals surface area contributed by atoms with Crippen LogP contribution in [0.1, 0.15) is 85.8 Å². The first-order valence-electron chi connectivity index (χ1n) is 15.1. The van der Waals surface area contributed by atoms with Crippen molar-refractivity contribution in [2.45, 2.75) is 70.6 Å². The molecule has 0 radical (unpaired) electrons. The standard InChI is InChI=1S/C38H42O2/c1-3-30(4-2)37(40)18-10-5-12-28-19-23-31(24-20-28)38(32-25-21-29(22-26-32)13-11-27-39)35-16-8-6-14-33(35)34-15-7-9-17-36(34)38/h6-9,14-17,19-26,30,39H,3-5,10-13,18,27H2,1-2H3. The molecule has 1 aliphatic rings. The van der Waals surface area contributed by atoms with Crippen LogP contribution in [0.5, 0.6) is 0 Å². The van der Waals surface area contributed by atoms with E-state index >= 15 is 0 Å². The molecule has 4 aromatic carbocycles. The zero-order chi connectivity index (χ0) is 28.0. The van der Waals surface area contributed by atoms with Crippen molar-refractivity contribution in [3.05, 3.63) is 130 Å². The van der Waals surface area contributed by atoms with Crippen LogP contribution < -0.4 is 0 Å². The molecule has 0 spiro atoms. The molecule has 0 saturated heterocycles. The Hall–Kier alpha value is -3.49. The average Bonchev–Trinajstić information content (AvgIpc) is 3.31. The zero-order valence-electron chi connectivity index (χ0n) is 24.0. The molecule has 1 N–H and O–H groups in total. The van der Waals surface area contributed by atoms with Gasteiger partial charge in [-0.05, 0) is 89.5 Å². The molecule has 40 heavy (non-hydrogen) atoms. The number of aryl methyl sites for hydroxylation is 2. The van der Waals surface area contributed by atoms with Gasteiger partial charge in [-0.1, -0.05) is 111 Å². The van der Waals surface area contributed by atoms with E-state index in [1.54, 1.807) is 0 Å². The predicted molar refractivity (Wildman–Crippen MR) is 166 cm³/mol. The fourth-order valence-corrected chi connectivity index (χ4v) is 6.73. The quantitative estimate of drug-likeness (QED) is 0.155. The Bertz CT molecular complexity index is 1370. The zero-order valence-corrected chi connectivity index (χ0v) is 24.0. The number of rotatable bonds is 13. The molecule has 0 aromatic heterocycles. The number of ketones is 1. The summed E-state index contributed by atoms with van der Waals surface area (Å²) < 4.78 is 0. The maximum atomic E-state index is 12.4. The number of fused-ring (bicyclic) bond motifs is 3. The molecular formula is C38H42O2. The Balaban J connectivity index is 1.47. The number of hydrogen-bond acceptors (Lipinski definition) is 2. The first-order valence-corrected chi connectivity index (χ1v) is 15.1. The number of Topliss-reactive ketones (excluding diaryl/α,β-unsaturated/α-hetero) is 1. The van der Waals surface area contributed by atoms with Crippen LogP contribution in [0, 0.1) is 5.92 Å². The van der Waals surface area contributed by atoms with Crippen molar-refractivity contribution >= 4 is 5.78 Å². The minimum atomic E-state index is -0.386. The highest BCUT2D eigenvalue weighted by Crippen LogP contribution is 2.55. The van der Waals surface area contributed by atoms with Gasteiger partial charge in [-0.3, -0.25) is 4.79 Å². The van der Waals surface area contributed by atoms with Crippen LogP contribution in [0.3, 0.4) is 0 Å². The van der Waals surface area contributed by atoms with Crippen LogP contribution in [0.4, 0.5) is 0 Å². The van der Waals surface area contributed by atoms with Crippen LogP contribution in [0.15, 0.2) is 97.1 Å². The number of carbonyl (C=O) groups is 1. The molecule has 2 heteroatoms. The van der Waals surface area contributed by atoms with Gasteiger partial charge in [0.15, 0.2) is 0 Å². The molecule has 0 saturated carbocycles. The summed E-state index contributed by atoms with van der Waals surface area (Å²) in [5, 5.41) is 9.31. The maximum absolute atomic E-state index is 12.4. The number of aliphatic hydroxyl groups is 1. The molecule has 0 amide bonds. The van der Waals surface area contributed by atoms with E-state index in [-0.39, 0.29) is 17.9 Å². The summed E-state index contributed by atoms with van der Waals surface area (Å²) in [4.78, 5) is 12.4. The predicted octanol–water partition coefficient (Wildman–Crippen LogP) is 8.69. The second kappa shape index (κ2) is 12.8. The molecule has 0 atom stereocenters. The van der Waals surface area contributed by atoms with Gasteiger partial charge in [0.2, 0.25) is 0 Å². The molecule has 0 heterocycles. The summed E-state index contributed by atoms with van der Waals surface area (Å²) in [5.41, 5.74) is 9.99. The lowest BCUT2D eigenvalue weighted by atomic mass is 9.67. The fourth-order valence-electron chi connectivity index (χ4n) is 6.73. The second-order valence-corrected chi connectivity index (χ2v) is 11.2. The van der Waals surface area contributed by atoms with E-state index in [4.69, 9.17) is 0 Å². The second-order valence-electron chi connectivity index (χ2n) is 11.2. The molecule has 0 aliphatic heterocycles. The van der Waals surface area contributed by atoms with Crippen molar-refractivity contribution in [1.82, 2.24) is 0 Å². The molecule has 206 valence electrons. The topological polar surface area (TPSA) is 37.3 Å². The van der Waals surface area contributed by atoms with Gasteiger partial charge in [0.1, 0.15) is 5.78 Å². The Morgan fingerprint density at radius 2 is 1.12 bits per heavy atom. The molecule has 2 nitrogen and oxygen atoms in total. The van der Waals surface area contributed by atoms with Gasteiger partial charge in [0.25, 0.3) is 0 Å². The summed E-state index contributed by atoms with van der Waals surface area (Å²) in [5.74, 6) is 0.666. The van der Waals surface area contributed by atoms with E-state index < -0.39 is 0 Å². The minimum absolute atomic E-state index is 0.215. The van der Waals surface area contributed by atoms with E-state index in [0.717, 1.165) is 44.9 Å². The number of aliphatic hydroxyl groups excluding tert-OH is 1. The molecule has 1 aliphatic carbocycles. The Morgan fingerprint density at radius 1 is 0.650 bits per heavy atom. The lowest BCUT2D eigenvalue weighted by Gasteiger charge is -2.34. The SMILES string of the molecule is CCC(CC)C(=O)CCCCc1ccc(C2(c3ccc(CCCO)cc3)c3ccccc3-c3ccccc32)cc1. The molecule has 0 bridgehead atoms. The van der Waals surface area contributed by atoms with Gasteiger partial charge in [0.05, 0.1) is 5.41 Å². The van der Waals surface area contributed by atoms with Gasteiger partial charge < -0.3 is 5.11 Å². The van der Waals surface area contributed by atoms with Gasteiger partial charge in [0, 0.05) is 18.9 Å². The molecule has 0 fully saturated rings. The smallest absolute Gasteiger partial charge is 0.135 e. The number of hydrogen-bond donors (Lipinski definition) is 1. The number of benzene rings is 4. The van der Waals surface area contributed by atoms with Crippen molar-refractivity contribution in [2.24, 2.45) is 5.92 Å². The number of unbranched alkanes of at least 4 members (excludes halogenated alkanes) is 1. The van der Waals surface area contributed by atoms with Crippen LogP contribution in [-0.2, 0) is 23.1 Å². The monoisotopic (exact) mass is 530 g/mol. The molecule has 0 unspecified atom stereocenters. The van der Waals surface area contributed by atoms with Gasteiger partial charge >= 0.3 is 0 Å².